The van der Waals surface area contributed by atoms with Crippen molar-refractivity contribution in [2.24, 2.45) is 5.73 Å². The fraction of sp³-hybridized carbons (Fsp3) is 0.377. The molecule has 4 heterocycles. The van der Waals surface area contributed by atoms with E-state index < -0.39 is 7.12 Å². The van der Waals surface area contributed by atoms with E-state index in [-0.39, 0.29) is 133 Å². The number of benzene rings is 8. The number of nitrogens with one attached hydrogen (secondary N) is 4. The minimum atomic E-state index is -1.51. The Morgan fingerprint density at radius 1 is 0.500 bits per heavy atom. The highest BCUT2D eigenvalue weighted by atomic mass is 79.9. The summed E-state index contributed by atoms with van der Waals surface area (Å²) in [7, 11) is 3.94. The predicted molar refractivity (Wildman–Crippen MR) is 421 cm³/mol. The van der Waals surface area contributed by atoms with Gasteiger partial charge in [-0.05, 0) is 131 Å². The van der Waals surface area contributed by atoms with Crippen molar-refractivity contribution in [1.29, 1.82) is 0 Å². The second-order valence-electron chi connectivity index (χ2n) is 26.0. The topological polar surface area (TPSA) is 337 Å². The highest BCUT2D eigenvalue weighted by Gasteiger charge is 2.52. The lowest BCUT2D eigenvalue weighted by molar-refractivity contribution is 0.00578. The first-order valence-corrected chi connectivity index (χ1v) is 37.0. The Labute approximate surface area is 635 Å². The number of anilines is 2. The lowest BCUT2D eigenvalue weighted by atomic mass is 9.76. The molecular formula is C77H95B2Br2N9O16. The highest BCUT2D eigenvalue weighted by molar-refractivity contribution is 9.10. The van der Waals surface area contributed by atoms with Crippen LogP contribution in [0.5, 0.6) is 0 Å². The molecule has 0 aliphatic carbocycles. The summed E-state index contributed by atoms with van der Waals surface area (Å²) in [5, 5.41) is 63.6. The Morgan fingerprint density at radius 3 is 1.31 bits per heavy atom. The lowest BCUT2D eigenvalue weighted by Crippen LogP contribution is -2.42. The quantitative estimate of drug-likeness (QED) is 0.0107. The van der Waals surface area contributed by atoms with Crippen molar-refractivity contribution in [3.05, 3.63) is 189 Å². The van der Waals surface area contributed by atoms with Crippen molar-refractivity contribution < 1.29 is 77.7 Å². The number of aliphatic hydroxyl groups excluding tert-OH is 3. The number of halogens is 2. The van der Waals surface area contributed by atoms with Crippen molar-refractivity contribution >= 4 is 136 Å². The molecule has 4 aliphatic rings. The Kier molecular flexibility index (Phi) is 31.9. The van der Waals surface area contributed by atoms with E-state index in [4.69, 9.17) is 44.6 Å². The van der Waals surface area contributed by atoms with Gasteiger partial charge in [0, 0.05) is 127 Å². The number of hydrogen-bond acceptors (Lipinski definition) is 22. The molecule has 6 amide bonds. The fourth-order valence-electron chi connectivity index (χ4n) is 12.3. The molecule has 8 aromatic carbocycles. The zero-order valence-electron chi connectivity index (χ0n) is 60.9. The number of ether oxygens (including phenoxy) is 3. The van der Waals surface area contributed by atoms with Crippen molar-refractivity contribution in [3.63, 3.8) is 0 Å². The molecule has 8 aromatic rings. The molecule has 25 nitrogen and oxygen atoms in total. The van der Waals surface area contributed by atoms with Gasteiger partial charge in [0.25, 0.3) is 35.4 Å². The molecule has 29 heteroatoms. The van der Waals surface area contributed by atoms with Crippen molar-refractivity contribution in [2.45, 2.75) is 50.8 Å². The number of imide groups is 3. The van der Waals surface area contributed by atoms with Gasteiger partial charge in [-0.15, -0.1) is 0 Å². The van der Waals surface area contributed by atoms with E-state index in [0.717, 1.165) is 74.5 Å². The van der Waals surface area contributed by atoms with Gasteiger partial charge in [-0.2, -0.15) is 0 Å². The third kappa shape index (κ3) is 20.3. The molecule has 0 spiro atoms. The van der Waals surface area contributed by atoms with E-state index in [0.29, 0.717) is 74.6 Å². The molecule has 1 fully saturated rings. The number of carbonyl (C=O) groups is 6. The summed E-state index contributed by atoms with van der Waals surface area (Å²) < 4.78 is 28.6. The number of alkyl halides is 1. The van der Waals surface area contributed by atoms with Crippen LogP contribution in [0, 0.1) is 0 Å². The van der Waals surface area contributed by atoms with Gasteiger partial charge in [-0.25, -0.2) is 0 Å². The van der Waals surface area contributed by atoms with Crippen molar-refractivity contribution in [3.8, 4) is 0 Å². The van der Waals surface area contributed by atoms with Crippen LogP contribution in [0.15, 0.2) is 144 Å². The largest absolute Gasteiger partial charge is 0.495 e. The van der Waals surface area contributed by atoms with Gasteiger partial charge < -0.3 is 80.8 Å². The third-order valence-corrected chi connectivity index (χ3v) is 19.7. The highest BCUT2D eigenvalue weighted by Crippen LogP contribution is 2.39. The number of nitrogens with zero attached hydrogens (tertiary/aromatic N) is 4. The molecule has 1 saturated heterocycles. The number of aliphatic hydroxyl groups is 3. The van der Waals surface area contributed by atoms with Gasteiger partial charge in [-0.1, -0.05) is 117 Å². The molecule has 564 valence electrons. The average molecular weight is 1580 g/mol. The zero-order valence-corrected chi connectivity index (χ0v) is 64.1. The Hall–Kier alpha value is -7.91. The molecule has 0 bridgehead atoms. The van der Waals surface area contributed by atoms with Gasteiger partial charge in [0.2, 0.25) is 0 Å². The van der Waals surface area contributed by atoms with Gasteiger partial charge in [0.05, 0.1) is 90.3 Å². The average Bonchev–Trinajstić information content (AvgIpc) is 1.03. The van der Waals surface area contributed by atoms with Crippen LogP contribution < -0.4 is 37.9 Å². The molecule has 106 heavy (non-hydrogen) atoms. The first kappa shape index (κ1) is 83.7. The zero-order chi connectivity index (χ0) is 76.7. The summed E-state index contributed by atoms with van der Waals surface area (Å²) >= 11 is 6.95. The summed E-state index contributed by atoms with van der Waals surface area (Å²) in [6.07, 6.45) is 0. The minimum Gasteiger partial charge on any atom is -0.423 e. The molecule has 0 atom stereocenters. The predicted octanol–water partition coefficient (Wildman–Crippen LogP) is 6.00. The van der Waals surface area contributed by atoms with Crippen LogP contribution in [-0.4, -0.2) is 245 Å². The Balaban J connectivity index is 0.000000180. The third-order valence-electron chi connectivity index (χ3n) is 18.4. The number of likely N-dealkylation sites (N-methyl/N-ethyl adjacent to an activating group) is 3. The maximum Gasteiger partial charge on any atom is 0.495 e. The summed E-state index contributed by atoms with van der Waals surface area (Å²) in [6, 6.07) is 42.6. The summed E-state index contributed by atoms with van der Waals surface area (Å²) in [6.45, 7) is 14.6. The smallest absolute Gasteiger partial charge is 0.423 e. The maximum atomic E-state index is 13.1. The van der Waals surface area contributed by atoms with E-state index in [1.165, 1.54) is 20.3 Å². The lowest BCUT2D eigenvalue weighted by Gasteiger charge is -2.32. The van der Waals surface area contributed by atoms with Crippen LogP contribution in [0.3, 0.4) is 0 Å². The van der Waals surface area contributed by atoms with E-state index >= 15 is 0 Å². The normalized spacial score (nSPS) is 14.6. The number of nitrogens with two attached hydrogens (primary N) is 1. The minimum absolute atomic E-state index is 0.0853. The van der Waals surface area contributed by atoms with Gasteiger partial charge in [0.1, 0.15) is 0 Å². The molecular weight excluding hydrogens is 1490 g/mol. The van der Waals surface area contributed by atoms with E-state index in [2.05, 4.69) is 97.9 Å². The SMILES string of the molecule is CC1(C)OB(c2ccccc2CBr)OC1(C)C.CN(CCNc1ccc2c3c(cccc13)C(=O)N(CCOCCO)C2=O)Cc1ccccc1B(O)O.CNCCN.CNCCNc1ccc2c3c(cccc13)C(=O)N(CCOCCO)C2=O.O=C1c2cccc3c(Br)ccc(c23)C(=O)N1CCOCCO. The van der Waals surface area contributed by atoms with Gasteiger partial charge in [-0.3, -0.25) is 43.5 Å². The van der Waals surface area contributed by atoms with Crippen LogP contribution in [0.4, 0.5) is 11.4 Å². The number of amides is 6. The van der Waals surface area contributed by atoms with Crippen molar-refractivity contribution in [1.82, 2.24) is 30.2 Å². The van der Waals surface area contributed by atoms with Crippen LogP contribution in [0.1, 0.15) is 101 Å². The Bertz CT molecular complexity index is 4280. The Morgan fingerprint density at radius 2 is 0.896 bits per heavy atom. The van der Waals surface area contributed by atoms with E-state index in [1.807, 2.05) is 93.9 Å². The van der Waals surface area contributed by atoms with Crippen LogP contribution in [0.2, 0.25) is 0 Å². The van der Waals surface area contributed by atoms with E-state index in [1.54, 1.807) is 54.6 Å². The molecule has 11 N–H and O–H groups in total. The van der Waals surface area contributed by atoms with E-state index in [9.17, 15) is 38.8 Å². The monoisotopic (exact) mass is 1580 g/mol. The van der Waals surface area contributed by atoms with Gasteiger partial charge in [0.15, 0.2) is 0 Å². The van der Waals surface area contributed by atoms with Crippen LogP contribution in [0.25, 0.3) is 32.3 Å². The molecule has 12 rings (SSSR count). The summed E-state index contributed by atoms with van der Waals surface area (Å²) in [4.78, 5) is 82.6. The fourth-order valence-corrected chi connectivity index (χ4v) is 13.3. The van der Waals surface area contributed by atoms with Crippen LogP contribution >= 0.6 is 31.9 Å². The maximum absolute atomic E-state index is 13.1. The van der Waals surface area contributed by atoms with Gasteiger partial charge >= 0.3 is 14.2 Å². The summed E-state index contributed by atoms with van der Waals surface area (Å²) in [5.74, 6) is -1.96. The number of carbonyl (C=O) groups excluding carboxylic acids is 6. The number of hydrogen-bond donors (Lipinski definition) is 10. The van der Waals surface area contributed by atoms with Crippen LogP contribution in [-0.2, 0) is 35.4 Å². The molecule has 0 aromatic heterocycles. The molecule has 4 aliphatic heterocycles. The number of rotatable bonds is 30. The first-order chi connectivity index (χ1) is 51.0. The molecule has 0 unspecified atom stereocenters. The summed E-state index contributed by atoms with van der Waals surface area (Å²) in [5.41, 5.74) is 13.0. The molecule has 0 saturated carbocycles. The second-order valence-corrected chi connectivity index (χ2v) is 27.4. The van der Waals surface area contributed by atoms with Crippen molar-refractivity contribution in [2.75, 3.05) is 150 Å². The standard InChI is InChI=1S/C26H30BN3O6.C19H23N3O4.C16H14BrNO4.C13H18BBrO2.C3H10N2/c1-29(17-18-5-2-3-8-22(18)27(34)35)12-11-28-23-10-9-21-24-19(23)6-4-7-20(24)25(32)30(26(21)33)13-15-36-16-14-31;1-20-7-8-21-16-6-5-15-17-13(16)3-2-4-14(17)18(24)22(19(15)25)9-11-26-12-10-23;17-13-5-4-12-14-10(13)2-1-3-11(14)15(20)18(16(12)21)6-8-22-9-7-19;1-12(2)13(3,4)17-14(16-12)11-8-6-5-7-10(11)9-15;1-5-3-2-4/h2-10,28,31,34-35H,11-17H2,1H3;2-6,20-21,23H,7-12H2,1H3;1-5,19H,6-9H2;5-8H,9H2,1-4H3;5H,2-4H2,1H3. The molecule has 0 radical (unpaired) electrons. The first-order valence-electron chi connectivity index (χ1n) is 35.1. The second kappa shape index (κ2) is 40.3.